The Kier molecular flexibility index (Phi) is 5.58. The van der Waals surface area contributed by atoms with E-state index in [2.05, 4.69) is 0 Å². The van der Waals surface area contributed by atoms with Crippen molar-refractivity contribution in [1.29, 1.82) is 0 Å². The standard InChI is InChI=1S/C28H36F4N2/c1-25(2,3)21-13-17(11-19(23(21)33)15-7-8-15)27(29,30)28(31,32)18-12-20(16-9-10-16)24(34)22(14-18)26(4,5)6/h11-16H,7-10,33-34H2,1-6H3. The third kappa shape index (κ3) is 4.18. The molecule has 2 saturated carbocycles. The van der Waals surface area contributed by atoms with Crippen LogP contribution in [0, 0.1) is 0 Å². The Bertz CT molecular complexity index is 1030. The van der Waals surface area contributed by atoms with Crippen molar-refractivity contribution in [3.8, 4) is 0 Å². The molecule has 4 rings (SSSR count). The van der Waals surface area contributed by atoms with Crippen LogP contribution in [0.5, 0.6) is 0 Å². The number of nitrogens with two attached hydrogens (primary N) is 2. The number of benzene rings is 2. The van der Waals surface area contributed by atoms with E-state index in [9.17, 15) is 0 Å². The summed E-state index contributed by atoms with van der Waals surface area (Å²) < 4.78 is 63.4. The van der Waals surface area contributed by atoms with Crippen LogP contribution in [0.25, 0.3) is 0 Å². The van der Waals surface area contributed by atoms with Gasteiger partial charge in [-0.25, -0.2) is 0 Å². The lowest BCUT2D eigenvalue weighted by atomic mass is 9.79. The second-order valence-corrected chi connectivity index (χ2v) is 12.3. The third-order valence-corrected chi connectivity index (χ3v) is 7.19. The largest absolute Gasteiger partial charge is 0.398 e. The molecule has 0 saturated heterocycles. The van der Waals surface area contributed by atoms with Gasteiger partial charge in [0.05, 0.1) is 0 Å². The molecule has 0 radical (unpaired) electrons. The fraction of sp³-hybridized carbons (Fsp3) is 0.571. The molecule has 0 heterocycles. The smallest absolute Gasteiger partial charge is 0.339 e. The molecule has 0 amide bonds. The Morgan fingerprint density at radius 1 is 0.588 bits per heavy atom. The van der Waals surface area contributed by atoms with Crippen LogP contribution in [0.1, 0.15) is 112 Å². The molecule has 4 N–H and O–H groups in total. The summed E-state index contributed by atoms with van der Waals surface area (Å²) in [6.45, 7) is 11.1. The highest BCUT2D eigenvalue weighted by atomic mass is 19.3. The highest BCUT2D eigenvalue weighted by molar-refractivity contribution is 5.63. The van der Waals surface area contributed by atoms with Crippen molar-refractivity contribution < 1.29 is 17.6 Å². The summed E-state index contributed by atoms with van der Waals surface area (Å²) in [6.07, 6.45) is 3.32. The Balaban J connectivity index is 1.89. The van der Waals surface area contributed by atoms with Gasteiger partial charge in [-0.3, -0.25) is 0 Å². The molecular formula is C28H36F4N2. The molecule has 2 fully saturated rings. The van der Waals surface area contributed by atoms with Crippen molar-refractivity contribution in [3.05, 3.63) is 57.6 Å². The van der Waals surface area contributed by atoms with Gasteiger partial charge in [0.2, 0.25) is 0 Å². The summed E-state index contributed by atoms with van der Waals surface area (Å²) >= 11 is 0. The summed E-state index contributed by atoms with van der Waals surface area (Å²) in [5, 5.41) is 0. The molecule has 6 heteroatoms. The molecule has 0 aliphatic heterocycles. The van der Waals surface area contributed by atoms with E-state index >= 15 is 17.6 Å². The molecule has 2 nitrogen and oxygen atoms in total. The lowest BCUT2D eigenvalue weighted by Gasteiger charge is -2.32. The van der Waals surface area contributed by atoms with Crippen LogP contribution in [-0.2, 0) is 22.7 Å². The van der Waals surface area contributed by atoms with Gasteiger partial charge in [0.25, 0.3) is 0 Å². The van der Waals surface area contributed by atoms with Crippen molar-refractivity contribution in [2.75, 3.05) is 11.5 Å². The normalized spacial score (nSPS) is 17.8. The molecular weight excluding hydrogens is 440 g/mol. The second-order valence-electron chi connectivity index (χ2n) is 12.3. The van der Waals surface area contributed by atoms with E-state index in [-0.39, 0.29) is 11.8 Å². The van der Waals surface area contributed by atoms with Crippen molar-refractivity contribution in [2.45, 2.75) is 102 Å². The molecule has 34 heavy (non-hydrogen) atoms. The van der Waals surface area contributed by atoms with Gasteiger partial charge >= 0.3 is 11.8 Å². The second kappa shape index (κ2) is 7.63. The van der Waals surface area contributed by atoms with Crippen LogP contribution in [0.3, 0.4) is 0 Å². The molecule has 0 unspecified atom stereocenters. The topological polar surface area (TPSA) is 52.0 Å². The number of hydrogen-bond donors (Lipinski definition) is 2. The number of halogens is 4. The fourth-order valence-corrected chi connectivity index (χ4v) is 4.78. The van der Waals surface area contributed by atoms with Crippen LogP contribution in [0.15, 0.2) is 24.3 Å². The van der Waals surface area contributed by atoms with Crippen LogP contribution >= 0.6 is 0 Å². The maximum Gasteiger partial charge on any atom is 0.339 e. The highest BCUT2D eigenvalue weighted by Crippen LogP contribution is 2.55. The monoisotopic (exact) mass is 476 g/mol. The Morgan fingerprint density at radius 2 is 0.882 bits per heavy atom. The average Bonchev–Trinajstić information content (AvgIpc) is 3.59. The molecule has 0 aromatic heterocycles. The van der Waals surface area contributed by atoms with Gasteiger partial charge in [-0.2, -0.15) is 17.6 Å². The van der Waals surface area contributed by atoms with Gasteiger partial charge in [-0.05, 0) is 94.9 Å². The Hall–Kier alpha value is -2.24. The molecule has 0 bridgehead atoms. The highest BCUT2D eigenvalue weighted by Gasteiger charge is 2.59. The first-order valence-corrected chi connectivity index (χ1v) is 12.1. The number of rotatable bonds is 5. The minimum absolute atomic E-state index is 0.0518. The first-order valence-electron chi connectivity index (χ1n) is 12.1. The van der Waals surface area contributed by atoms with E-state index in [1.165, 1.54) is 24.3 Å². The van der Waals surface area contributed by atoms with E-state index in [1.54, 1.807) is 0 Å². The van der Waals surface area contributed by atoms with Gasteiger partial charge in [-0.15, -0.1) is 0 Å². The minimum atomic E-state index is -4.42. The summed E-state index contributed by atoms with van der Waals surface area (Å²) in [5.41, 5.74) is 13.2. The molecule has 0 atom stereocenters. The van der Waals surface area contributed by atoms with Gasteiger partial charge < -0.3 is 11.5 Å². The average molecular weight is 477 g/mol. The van der Waals surface area contributed by atoms with Crippen molar-refractivity contribution in [2.24, 2.45) is 0 Å². The molecule has 0 spiro atoms. The van der Waals surface area contributed by atoms with Crippen molar-refractivity contribution in [1.82, 2.24) is 0 Å². The molecule has 2 aliphatic carbocycles. The van der Waals surface area contributed by atoms with E-state index in [0.717, 1.165) is 25.7 Å². The van der Waals surface area contributed by atoms with Crippen LogP contribution in [0.4, 0.5) is 28.9 Å². The maximum absolute atomic E-state index is 15.8. The number of alkyl halides is 4. The quantitative estimate of drug-likeness (QED) is 0.338. The predicted molar refractivity (Wildman–Crippen MR) is 131 cm³/mol. The number of hydrogen-bond acceptors (Lipinski definition) is 2. The minimum Gasteiger partial charge on any atom is -0.398 e. The maximum atomic E-state index is 15.8. The summed E-state index contributed by atoms with van der Waals surface area (Å²) in [4.78, 5) is 0. The lowest BCUT2D eigenvalue weighted by molar-refractivity contribution is -0.224. The van der Waals surface area contributed by atoms with Gasteiger partial charge in [-0.1, -0.05) is 41.5 Å². The molecule has 186 valence electrons. The van der Waals surface area contributed by atoms with Gasteiger partial charge in [0.15, 0.2) is 0 Å². The first-order chi connectivity index (χ1) is 15.5. The third-order valence-electron chi connectivity index (χ3n) is 7.19. The SMILES string of the molecule is CC(C)(C)c1cc(C(F)(F)C(F)(F)c2cc(C3CC3)c(N)c(C(C)(C)C)c2)cc(C2CC2)c1N. The molecule has 2 aromatic rings. The number of nitrogen functional groups attached to an aromatic ring is 2. The van der Waals surface area contributed by atoms with E-state index in [0.29, 0.717) is 33.6 Å². The van der Waals surface area contributed by atoms with E-state index < -0.39 is 33.8 Å². The van der Waals surface area contributed by atoms with Crippen LogP contribution in [-0.4, -0.2) is 0 Å². The Labute approximate surface area is 200 Å². The molecule has 2 aromatic carbocycles. The zero-order chi connectivity index (χ0) is 25.4. The van der Waals surface area contributed by atoms with Crippen LogP contribution < -0.4 is 11.5 Å². The zero-order valence-electron chi connectivity index (χ0n) is 21.0. The zero-order valence-corrected chi connectivity index (χ0v) is 21.0. The molecule has 2 aliphatic rings. The summed E-state index contributed by atoms with van der Waals surface area (Å²) in [7, 11) is 0. The van der Waals surface area contributed by atoms with Gasteiger partial charge in [0.1, 0.15) is 0 Å². The summed E-state index contributed by atoms with van der Waals surface area (Å²) in [5.74, 6) is -8.74. The van der Waals surface area contributed by atoms with Crippen molar-refractivity contribution >= 4 is 11.4 Å². The van der Waals surface area contributed by atoms with Crippen LogP contribution in [0.2, 0.25) is 0 Å². The Morgan fingerprint density at radius 3 is 1.12 bits per heavy atom. The van der Waals surface area contributed by atoms with Crippen molar-refractivity contribution in [3.63, 3.8) is 0 Å². The fourth-order valence-electron chi connectivity index (χ4n) is 4.78. The summed E-state index contributed by atoms with van der Waals surface area (Å²) in [6, 6.07) is 4.78. The lowest BCUT2D eigenvalue weighted by Crippen LogP contribution is -2.37. The number of anilines is 2. The first kappa shape index (κ1) is 24.9. The predicted octanol–water partition coefficient (Wildman–Crippen LogP) is 8.08. The van der Waals surface area contributed by atoms with E-state index in [1.807, 2.05) is 41.5 Å². The van der Waals surface area contributed by atoms with Gasteiger partial charge in [0, 0.05) is 22.5 Å². The van der Waals surface area contributed by atoms with E-state index in [4.69, 9.17) is 11.5 Å².